The molecule has 1 saturated heterocycles. The van der Waals surface area contributed by atoms with Crippen LogP contribution >= 0.6 is 11.8 Å². The minimum absolute atomic E-state index is 0.311. The van der Waals surface area contributed by atoms with Crippen LogP contribution < -0.4 is 5.32 Å². The van der Waals surface area contributed by atoms with Gasteiger partial charge in [0, 0.05) is 25.4 Å². The summed E-state index contributed by atoms with van der Waals surface area (Å²) in [5, 5.41) is 3.28. The monoisotopic (exact) mass is 201 g/mol. The number of rotatable bonds is 5. The standard InChI is InChI=1S/C10H19NOS/c1-2-13-7-3-4-9-8-11-6-5-10(9)12/h9,11H,2-8H2,1H3. The van der Waals surface area contributed by atoms with Gasteiger partial charge in [-0.15, -0.1) is 0 Å². The summed E-state index contributed by atoms with van der Waals surface area (Å²) in [4.78, 5) is 11.4. The average molecular weight is 201 g/mol. The third-order valence-electron chi connectivity index (χ3n) is 2.44. The number of Topliss-reactive ketones (excluding diaryl/α,β-unsaturated/α-hetero) is 1. The third kappa shape index (κ3) is 4.14. The smallest absolute Gasteiger partial charge is 0.138 e. The molecule has 1 aliphatic heterocycles. The number of carbonyl (C=O) groups excluding carboxylic acids is 1. The molecule has 76 valence electrons. The van der Waals surface area contributed by atoms with Gasteiger partial charge in [0.15, 0.2) is 0 Å². The van der Waals surface area contributed by atoms with E-state index in [1.54, 1.807) is 0 Å². The van der Waals surface area contributed by atoms with Crippen LogP contribution in [0, 0.1) is 5.92 Å². The first-order chi connectivity index (χ1) is 6.34. The summed E-state index contributed by atoms with van der Waals surface area (Å²) in [6.07, 6.45) is 3.01. The van der Waals surface area contributed by atoms with Crippen LogP contribution in [0.15, 0.2) is 0 Å². The molecule has 1 fully saturated rings. The highest BCUT2D eigenvalue weighted by Crippen LogP contribution is 2.14. The second-order valence-electron chi connectivity index (χ2n) is 3.46. The van der Waals surface area contributed by atoms with Crippen molar-refractivity contribution >= 4 is 17.5 Å². The Labute approximate surface area is 84.9 Å². The van der Waals surface area contributed by atoms with Crippen molar-refractivity contribution in [3.05, 3.63) is 0 Å². The lowest BCUT2D eigenvalue weighted by Gasteiger charge is -2.21. The molecular weight excluding hydrogens is 182 g/mol. The molecule has 0 aromatic carbocycles. The highest BCUT2D eigenvalue weighted by Gasteiger charge is 2.20. The van der Waals surface area contributed by atoms with Gasteiger partial charge in [-0.25, -0.2) is 0 Å². The first kappa shape index (κ1) is 11.1. The molecule has 0 amide bonds. The van der Waals surface area contributed by atoms with Gasteiger partial charge in [-0.2, -0.15) is 11.8 Å². The Balaban J connectivity index is 2.08. The van der Waals surface area contributed by atoms with Gasteiger partial charge < -0.3 is 5.32 Å². The van der Waals surface area contributed by atoms with E-state index in [2.05, 4.69) is 12.2 Å². The van der Waals surface area contributed by atoms with E-state index in [9.17, 15) is 4.79 Å². The van der Waals surface area contributed by atoms with Crippen molar-refractivity contribution in [2.24, 2.45) is 5.92 Å². The lowest BCUT2D eigenvalue weighted by molar-refractivity contribution is -0.124. The van der Waals surface area contributed by atoms with Gasteiger partial charge in [-0.1, -0.05) is 6.92 Å². The molecule has 1 unspecified atom stereocenters. The van der Waals surface area contributed by atoms with Gasteiger partial charge >= 0.3 is 0 Å². The molecule has 1 rings (SSSR count). The van der Waals surface area contributed by atoms with E-state index >= 15 is 0 Å². The first-order valence-electron chi connectivity index (χ1n) is 5.15. The minimum Gasteiger partial charge on any atom is -0.316 e. The summed E-state index contributed by atoms with van der Waals surface area (Å²) in [6, 6.07) is 0. The van der Waals surface area contributed by atoms with Crippen LogP contribution in [-0.2, 0) is 4.79 Å². The van der Waals surface area contributed by atoms with Crippen molar-refractivity contribution in [1.29, 1.82) is 0 Å². The molecule has 0 aliphatic carbocycles. The summed E-state index contributed by atoms with van der Waals surface area (Å²) in [7, 11) is 0. The van der Waals surface area contributed by atoms with Gasteiger partial charge in [0.2, 0.25) is 0 Å². The lowest BCUT2D eigenvalue weighted by Crippen LogP contribution is -2.36. The van der Waals surface area contributed by atoms with E-state index in [1.165, 1.54) is 17.9 Å². The highest BCUT2D eigenvalue weighted by atomic mass is 32.2. The molecular formula is C10H19NOS. The molecule has 1 atom stereocenters. The molecule has 2 nitrogen and oxygen atoms in total. The van der Waals surface area contributed by atoms with Crippen LogP contribution in [0.3, 0.4) is 0 Å². The number of ketones is 1. The molecule has 1 N–H and O–H groups in total. The fourth-order valence-corrected chi connectivity index (χ4v) is 2.30. The van der Waals surface area contributed by atoms with E-state index in [-0.39, 0.29) is 0 Å². The molecule has 0 spiro atoms. The Kier molecular flexibility index (Phi) is 5.47. The summed E-state index contributed by atoms with van der Waals surface area (Å²) >= 11 is 1.97. The third-order valence-corrected chi connectivity index (χ3v) is 3.43. The van der Waals surface area contributed by atoms with Crippen molar-refractivity contribution in [2.45, 2.75) is 26.2 Å². The Hall–Kier alpha value is -0.0200. The van der Waals surface area contributed by atoms with Gasteiger partial charge in [0.05, 0.1) is 0 Å². The maximum atomic E-state index is 11.4. The summed E-state index contributed by atoms with van der Waals surface area (Å²) in [5.41, 5.74) is 0. The van der Waals surface area contributed by atoms with Crippen LogP contribution in [0.25, 0.3) is 0 Å². The predicted molar refractivity (Wildman–Crippen MR) is 58.2 cm³/mol. The van der Waals surface area contributed by atoms with Crippen LogP contribution in [0.1, 0.15) is 26.2 Å². The molecule has 3 heteroatoms. The number of hydrogen-bond acceptors (Lipinski definition) is 3. The van der Waals surface area contributed by atoms with Crippen molar-refractivity contribution in [1.82, 2.24) is 5.32 Å². The van der Waals surface area contributed by atoms with Crippen LogP contribution in [0.2, 0.25) is 0 Å². The SMILES string of the molecule is CCSCCCC1CNCCC1=O. The Bertz CT molecular complexity index is 161. The second-order valence-corrected chi connectivity index (χ2v) is 4.85. The van der Waals surface area contributed by atoms with E-state index < -0.39 is 0 Å². The van der Waals surface area contributed by atoms with E-state index in [4.69, 9.17) is 0 Å². The zero-order chi connectivity index (χ0) is 9.52. The van der Waals surface area contributed by atoms with E-state index in [0.29, 0.717) is 11.7 Å². The summed E-state index contributed by atoms with van der Waals surface area (Å²) in [6.45, 7) is 3.98. The molecule has 0 radical (unpaired) electrons. The Morgan fingerprint density at radius 2 is 2.46 bits per heavy atom. The number of carbonyl (C=O) groups is 1. The van der Waals surface area contributed by atoms with Gasteiger partial charge in [-0.05, 0) is 24.3 Å². The summed E-state index contributed by atoms with van der Waals surface area (Å²) < 4.78 is 0. The molecule has 1 heterocycles. The molecule has 0 bridgehead atoms. The fourth-order valence-electron chi connectivity index (χ4n) is 1.65. The normalized spacial score (nSPS) is 23.5. The quantitative estimate of drug-likeness (QED) is 0.686. The Morgan fingerprint density at radius 3 is 3.15 bits per heavy atom. The average Bonchev–Trinajstić information content (AvgIpc) is 2.15. The van der Waals surface area contributed by atoms with Crippen molar-refractivity contribution in [3.63, 3.8) is 0 Å². The van der Waals surface area contributed by atoms with Gasteiger partial charge in [-0.3, -0.25) is 4.79 Å². The van der Waals surface area contributed by atoms with E-state index in [0.717, 1.165) is 25.9 Å². The second kappa shape index (κ2) is 6.44. The molecule has 0 aromatic heterocycles. The number of thioether (sulfide) groups is 1. The van der Waals surface area contributed by atoms with Crippen LogP contribution in [0.5, 0.6) is 0 Å². The van der Waals surface area contributed by atoms with Crippen LogP contribution in [-0.4, -0.2) is 30.4 Å². The Morgan fingerprint density at radius 1 is 1.62 bits per heavy atom. The van der Waals surface area contributed by atoms with Gasteiger partial charge in [0.1, 0.15) is 5.78 Å². The van der Waals surface area contributed by atoms with Gasteiger partial charge in [0.25, 0.3) is 0 Å². The van der Waals surface area contributed by atoms with E-state index in [1.807, 2.05) is 11.8 Å². The molecule has 0 saturated carbocycles. The highest BCUT2D eigenvalue weighted by molar-refractivity contribution is 7.99. The molecule has 0 aromatic rings. The number of nitrogens with one attached hydrogen (secondary N) is 1. The topological polar surface area (TPSA) is 29.1 Å². The predicted octanol–water partition coefficient (Wildman–Crippen LogP) is 1.70. The minimum atomic E-state index is 0.311. The first-order valence-corrected chi connectivity index (χ1v) is 6.31. The number of piperidine rings is 1. The fraction of sp³-hybridized carbons (Fsp3) is 0.900. The number of hydrogen-bond donors (Lipinski definition) is 1. The lowest BCUT2D eigenvalue weighted by atomic mass is 9.94. The van der Waals surface area contributed by atoms with Crippen LogP contribution in [0.4, 0.5) is 0 Å². The molecule has 13 heavy (non-hydrogen) atoms. The van der Waals surface area contributed by atoms with Crippen molar-refractivity contribution < 1.29 is 4.79 Å². The zero-order valence-electron chi connectivity index (χ0n) is 8.34. The largest absolute Gasteiger partial charge is 0.316 e. The maximum absolute atomic E-state index is 11.4. The summed E-state index contributed by atoms with van der Waals surface area (Å²) in [5.74, 6) is 3.18. The zero-order valence-corrected chi connectivity index (χ0v) is 9.16. The molecule has 1 aliphatic rings. The maximum Gasteiger partial charge on any atom is 0.138 e. The van der Waals surface area contributed by atoms with Crippen molar-refractivity contribution in [2.75, 3.05) is 24.6 Å². The van der Waals surface area contributed by atoms with Crippen molar-refractivity contribution in [3.8, 4) is 0 Å².